The van der Waals surface area contributed by atoms with Gasteiger partial charge in [-0.3, -0.25) is 14.5 Å². The molecule has 40 heavy (non-hydrogen) atoms. The first-order valence-electron chi connectivity index (χ1n) is 11.3. The predicted molar refractivity (Wildman–Crippen MR) is 151 cm³/mol. The fraction of sp³-hybridized carbons (Fsp3) is 0.261. The molecule has 206 valence electrons. The molecule has 0 aromatic carbocycles. The van der Waals surface area contributed by atoms with Gasteiger partial charge in [0.1, 0.15) is 29.4 Å². The van der Waals surface area contributed by atoms with Gasteiger partial charge in [0.25, 0.3) is 11.8 Å². The molecule has 13 nitrogen and oxygen atoms in total. The first kappa shape index (κ1) is 31.6. The zero-order chi connectivity index (χ0) is 28.1. The molecular weight excluding hydrogens is 591 g/mol. The number of carboxylic acids is 2. The molecule has 0 saturated carbocycles. The quantitative estimate of drug-likeness (QED) is 0.0364. The van der Waals surface area contributed by atoms with Gasteiger partial charge in [-0.1, -0.05) is 17.8 Å². The molecule has 17 heteroatoms. The van der Waals surface area contributed by atoms with E-state index in [1.54, 1.807) is 24.5 Å². The summed E-state index contributed by atoms with van der Waals surface area (Å²) in [7, 11) is 0. The zero-order valence-electron chi connectivity index (χ0n) is 20.2. The van der Waals surface area contributed by atoms with Crippen LogP contribution < -0.4 is 15.6 Å². The molecule has 2 amide bonds. The van der Waals surface area contributed by atoms with E-state index in [1.165, 1.54) is 44.4 Å². The third-order valence-corrected chi connectivity index (χ3v) is 8.57. The standard InChI is InChI=1S/C23H22N6O7S3.Na.H/c1-2-7-36-27-16(14-11-39-23(24)25-14)19(32)26-17-20(33)29-18(22(34)35)12(10-38-21(17)29)9-37-13-3-5-28(6-4-13)8-15(30)31;;/h2-6,11,17,21H,1,7-10H2,(H4-,24,25,26,30,31,32,34,35);;/p+1/b27-16-;;/t17-,21-;;/m1../s1. The van der Waals surface area contributed by atoms with Crippen LogP contribution in [0.2, 0.25) is 0 Å². The number of nitrogens with zero attached hydrogens (tertiary/aromatic N) is 4. The maximum atomic E-state index is 13.0. The van der Waals surface area contributed by atoms with Crippen molar-refractivity contribution in [3.8, 4) is 0 Å². The van der Waals surface area contributed by atoms with Crippen molar-refractivity contribution in [1.82, 2.24) is 15.2 Å². The number of aromatic nitrogens is 2. The normalized spacial score (nSPS) is 18.2. The van der Waals surface area contributed by atoms with Crippen LogP contribution >= 0.6 is 34.9 Å². The van der Waals surface area contributed by atoms with E-state index in [0.29, 0.717) is 17.1 Å². The Bertz CT molecular complexity index is 1380. The number of carbonyl (C=O) groups excluding carboxylic acids is 2. The van der Waals surface area contributed by atoms with Gasteiger partial charge in [-0.05, 0) is 5.57 Å². The fourth-order valence-electron chi connectivity index (χ4n) is 3.73. The number of pyridine rings is 1. The Morgan fingerprint density at radius 2 is 2.08 bits per heavy atom. The van der Waals surface area contributed by atoms with E-state index >= 15 is 0 Å². The summed E-state index contributed by atoms with van der Waals surface area (Å²) in [5.41, 5.74) is 6.14. The second-order valence-electron chi connectivity index (χ2n) is 8.10. The van der Waals surface area contributed by atoms with Gasteiger partial charge in [-0.25, -0.2) is 14.6 Å². The number of anilines is 1. The molecule has 5 N–H and O–H groups in total. The van der Waals surface area contributed by atoms with Crippen LogP contribution in [0.4, 0.5) is 5.13 Å². The van der Waals surface area contributed by atoms with Crippen LogP contribution in [0.15, 0.2) is 63.9 Å². The average Bonchev–Trinajstić information content (AvgIpc) is 3.33. The van der Waals surface area contributed by atoms with Crippen molar-refractivity contribution >= 4 is 99.0 Å². The Labute approximate surface area is 262 Å². The molecule has 1 saturated heterocycles. The van der Waals surface area contributed by atoms with Crippen molar-refractivity contribution in [3.63, 3.8) is 0 Å². The number of thiazole rings is 1. The second kappa shape index (κ2) is 14.1. The molecule has 0 aliphatic carbocycles. The van der Waals surface area contributed by atoms with Crippen molar-refractivity contribution in [3.05, 3.63) is 59.5 Å². The first-order chi connectivity index (χ1) is 18.7. The van der Waals surface area contributed by atoms with E-state index in [-0.39, 0.29) is 64.9 Å². The summed E-state index contributed by atoms with van der Waals surface area (Å²) in [5.74, 6) is -2.81. The third-order valence-electron chi connectivity index (χ3n) is 5.46. The number of rotatable bonds is 12. The van der Waals surface area contributed by atoms with E-state index < -0.39 is 35.2 Å². The summed E-state index contributed by atoms with van der Waals surface area (Å²) < 4.78 is 1.51. The van der Waals surface area contributed by atoms with Crippen molar-refractivity contribution in [1.29, 1.82) is 0 Å². The summed E-state index contributed by atoms with van der Waals surface area (Å²) in [4.78, 5) is 60.2. The van der Waals surface area contributed by atoms with Crippen LogP contribution in [0, 0.1) is 0 Å². The molecule has 0 bridgehead atoms. The van der Waals surface area contributed by atoms with Crippen LogP contribution in [0.3, 0.4) is 0 Å². The van der Waals surface area contributed by atoms with E-state index in [2.05, 4.69) is 22.0 Å². The van der Waals surface area contributed by atoms with Crippen molar-refractivity contribution in [2.24, 2.45) is 5.16 Å². The summed E-state index contributed by atoms with van der Waals surface area (Å²) in [5, 5.41) is 26.4. The van der Waals surface area contributed by atoms with Crippen LogP contribution in [-0.4, -0.2) is 109 Å². The molecular formula is C23H24N6NaO7S3+. The van der Waals surface area contributed by atoms with Gasteiger partial charge in [-0.2, -0.15) is 4.57 Å². The topological polar surface area (TPSA) is 188 Å². The Hall–Kier alpha value is -2.89. The summed E-state index contributed by atoms with van der Waals surface area (Å²) in [6, 6.07) is 2.51. The minimum absolute atomic E-state index is 0. The van der Waals surface area contributed by atoms with Crippen molar-refractivity contribution in [2.45, 2.75) is 22.9 Å². The molecule has 2 aliphatic heterocycles. The Kier molecular flexibility index (Phi) is 11.2. The molecule has 2 aromatic heterocycles. The Morgan fingerprint density at radius 1 is 1.35 bits per heavy atom. The number of hydrogen-bond donors (Lipinski definition) is 4. The molecule has 2 aliphatic rings. The number of oxime groups is 1. The summed E-state index contributed by atoms with van der Waals surface area (Å²) >= 11 is 3.82. The number of aliphatic carboxylic acids is 2. The van der Waals surface area contributed by atoms with Crippen molar-refractivity contribution in [2.75, 3.05) is 23.8 Å². The third kappa shape index (κ3) is 7.24. The van der Waals surface area contributed by atoms with Crippen LogP contribution in [0.1, 0.15) is 5.69 Å². The monoisotopic (exact) mass is 615 g/mol. The minimum atomic E-state index is -1.24. The Morgan fingerprint density at radius 3 is 2.67 bits per heavy atom. The summed E-state index contributed by atoms with van der Waals surface area (Å²) in [6.45, 7) is 3.40. The van der Waals surface area contributed by atoms with Gasteiger partial charge in [0, 0.05) is 33.9 Å². The average molecular weight is 616 g/mol. The Balaban J connectivity index is 0.00000441. The van der Waals surface area contributed by atoms with Crippen LogP contribution in [0.5, 0.6) is 0 Å². The fourth-order valence-corrected chi connectivity index (χ4v) is 6.65. The predicted octanol–water partition coefficient (Wildman–Crippen LogP) is -0.113. The number of β-lactam (4-membered cyclic amide) rings is 1. The van der Waals surface area contributed by atoms with E-state index in [4.69, 9.17) is 15.7 Å². The van der Waals surface area contributed by atoms with E-state index in [1.807, 2.05) is 0 Å². The molecule has 4 heterocycles. The number of amides is 2. The number of hydrogen-bond acceptors (Lipinski definition) is 11. The number of carboxylic acid groups (broad SMARTS) is 2. The van der Waals surface area contributed by atoms with Gasteiger partial charge in [0.05, 0.1) is 0 Å². The summed E-state index contributed by atoms with van der Waals surface area (Å²) in [6.07, 6.45) is 4.70. The van der Waals surface area contributed by atoms with Gasteiger partial charge < -0.3 is 26.1 Å². The molecule has 0 radical (unpaired) electrons. The maximum absolute atomic E-state index is 13.0. The zero-order valence-corrected chi connectivity index (χ0v) is 22.6. The molecule has 4 rings (SSSR count). The van der Waals surface area contributed by atoms with Crippen molar-refractivity contribution < 1.29 is 38.8 Å². The number of nitrogen functional groups attached to an aromatic ring is 1. The van der Waals surface area contributed by atoms with Gasteiger partial charge in [0.2, 0.25) is 6.54 Å². The van der Waals surface area contributed by atoms with Gasteiger partial charge >= 0.3 is 41.5 Å². The van der Waals surface area contributed by atoms with Crippen LogP contribution in [0.25, 0.3) is 0 Å². The first-order valence-corrected chi connectivity index (χ1v) is 14.2. The SMILES string of the molecule is C=CCO/N=C(\C(=O)N[C@@H]1C(=O)N2C(C(=O)O)=C(CSc3cc[n+](CC(=O)O)cc3)CS[C@H]12)c1csc(N)n1.[NaH]. The number of thioether (sulfide) groups is 2. The number of fused-ring (bicyclic) bond motifs is 1. The van der Waals surface area contributed by atoms with Crippen LogP contribution in [-0.2, 0) is 30.6 Å². The molecule has 2 atom stereocenters. The number of carbonyl (C=O) groups is 4. The molecule has 0 spiro atoms. The molecule has 1 fully saturated rings. The van der Waals surface area contributed by atoms with E-state index in [0.717, 1.165) is 16.2 Å². The number of nitrogens with two attached hydrogens (primary N) is 1. The van der Waals surface area contributed by atoms with Gasteiger partial charge in [-0.15, -0.1) is 34.9 Å². The molecule has 2 aromatic rings. The van der Waals surface area contributed by atoms with E-state index in [9.17, 15) is 24.3 Å². The molecule has 0 unspecified atom stereocenters. The number of nitrogens with one attached hydrogen (secondary N) is 1. The van der Waals surface area contributed by atoms with Gasteiger partial charge in [0.15, 0.2) is 23.2 Å². The second-order valence-corrected chi connectivity index (χ2v) is 11.1.